The lowest BCUT2D eigenvalue weighted by Gasteiger charge is -2.38. The molecule has 1 aliphatic heterocycles. The molecule has 1 aliphatic rings. The number of carbonyl (C=O) groups excluding carboxylic acids is 2. The van der Waals surface area contributed by atoms with E-state index in [1.54, 1.807) is 41.6 Å². The number of fused-ring (bicyclic) bond motifs is 2. The number of urea groups is 1. The molecule has 0 bridgehead atoms. The standard InChI is InChI=1S/C31H36N6O6S/c1-20-15-37(21(2)18-38)30(39)25-14-23(33-31(40)34-26-11-7-9-22-8-5-6-10-24(22)26)12-13-27(25)43-28(20)16-36(4)44(41,42)29-17-35(3)19-32-29/h5-14,17,19-21,28,38H,15-16,18H2,1-4H3,(H2,33,34,40)/t20-,21-,28-/m0/s1. The number of imidazole rings is 1. The van der Waals surface area contributed by atoms with Crippen LogP contribution in [0, 0.1) is 5.92 Å². The zero-order valence-electron chi connectivity index (χ0n) is 25.0. The minimum absolute atomic E-state index is 0.0114. The van der Waals surface area contributed by atoms with Crippen LogP contribution in [0.4, 0.5) is 16.2 Å². The molecule has 2 heterocycles. The van der Waals surface area contributed by atoms with Crippen LogP contribution in [0.3, 0.4) is 0 Å². The first-order valence-electron chi connectivity index (χ1n) is 14.2. The Kier molecular flexibility index (Phi) is 8.90. The molecule has 0 fully saturated rings. The lowest BCUT2D eigenvalue weighted by Crippen LogP contribution is -2.50. The Morgan fingerprint density at radius 2 is 1.91 bits per heavy atom. The van der Waals surface area contributed by atoms with E-state index in [0.717, 1.165) is 10.8 Å². The number of nitrogens with zero attached hydrogens (tertiary/aromatic N) is 4. The van der Waals surface area contributed by atoms with Crippen LogP contribution in [0.5, 0.6) is 5.75 Å². The summed E-state index contributed by atoms with van der Waals surface area (Å²) in [6, 6.07) is 17.0. The van der Waals surface area contributed by atoms with E-state index >= 15 is 0 Å². The first-order chi connectivity index (χ1) is 21.0. The van der Waals surface area contributed by atoms with E-state index in [0.29, 0.717) is 11.4 Å². The number of hydrogen-bond acceptors (Lipinski definition) is 7. The van der Waals surface area contributed by atoms with Crippen LogP contribution in [-0.4, -0.2) is 83.1 Å². The van der Waals surface area contributed by atoms with Crippen molar-refractivity contribution in [2.45, 2.75) is 31.0 Å². The summed E-state index contributed by atoms with van der Waals surface area (Å²) in [5, 5.41) is 17.4. The molecular formula is C31H36N6O6S. The Hall–Kier alpha value is -4.46. The molecule has 13 heteroatoms. The van der Waals surface area contributed by atoms with Crippen molar-refractivity contribution in [2.24, 2.45) is 13.0 Å². The quantitative estimate of drug-likeness (QED) is 0.272. The van der Waals surface area contributed by atoms with Crippen molar-refractivity contribution in [2.75, 3.05) is 37.4 Å². The van der Waals surface area contributed by atoms with E-state index < -0.39 is 28.2 Å². The number of likely N-dealkylation sites (N-methyl/N-ethyl adjacent to an activating group) is 1. The molecule has 4 aromatic rings. The average Bonchev–Trinajstić information content (AvgIpc) is 3.46. The van der Waals surface area contributed by atoms with Gasteiger partial charge in [0.25, 0.3) is 15.9 Å². The van der Waals surface area contributed by atoms with Gasteiger partial charge in [-0.25, -0.2) is 18.2 Å². The molecule has 0 saturated carbocycles. The highest BCUT2D eigenvalue weighted by Gasteiger charge is 2.35. The molecule has 3 amide bonds. The first-order valence-corrected chi connectivity index (χ1v) is 15.6. The number of anilines is 2. The summed E-state index contributed by atoms with van der Waals surface area (Å²) in [4.78, 5) is 32.3. The van der Waals surface area contributed by atoms with Crippen molar-refractivity contribution in [3.63, 3.8) is 0 Å². The van der Waals surface area contributed by atoms with Crippen LogP contribution < -0.4 is 15.4 Å². The average molecular weight is 621 g/mol. The van der Waals surface area contributed by atoms with Crippen molar-refractivity contribution < 1.29 is 27.9 Å². The summed E-state index contributed by atoms with van der Waals surface area (Å²) in [6.07, 6.45) is 2.20. The number of sulfonamides is 1. The topological polar surface area (TPSA) is 146 Å². The smallest absolute Gasteiger partial charge is 0.323 e. The van der Waals surface area contributed by atoms with Gasteiger partial charge in [-0.1, -0.05) is 43.3 Å². The second kappa shape index (κ2) is 12.6. The number of nitrogens with one attached hydrogen (secondary N) is 2. The van der Waals surface area contributed by atoms with Gasteiger partial charge < -0.3 is 29.9 Å². The second-order valence-electron chi connectivity index (χ2n) is 11.1. The number of rotatable bonds is 8. The summed E-state index contributed by atoms with van der Waals surface area (Å²) in [5.74, 6) is -0.434. The fourth-order valence-electron chi connectivity index (χ4n) is 5.17. The third-order valence-electron chi connectivity index (χ3n) is 7.75. The molecule has 5 rings (SSSR count). The van der Waals surface area contributed by atoms with Crippen molar-refractivity contribution in [3.8, 4) is 5.75 Å². The van der Waals surface area contributed by atoms with E-state index in [2.05, 4.69) is 15.6 Å². The van der Waals surface area contributed by atoms with Gasteiger partial charge in [0.1, 0.15) is 11.9 Å². The minimum Gasteiger partial charge on any atom is -0.488 e. The first kappa shape index (κ1) is 31.0. The number of aryl methyl sites for hydroxylation is 1. The SMILES string of the molecule is C[C@H]1CN([C@@H](C)CO)C(=O)c2cc(NC(=O)Nc3cccc4ccccc34)ccc2O[C@H]1CN(C)S(=O)(=O)c1cn(C)cn1. The summed E-state index contributed by atoms with van der Waals surface area (Å²) in [6.45, 7) is 3.54. The van der Waals surface area contributed by atoms with Gasteiger partial charge in [0.15, 0.2) is 5.03 Å². The molecule has 3 N–H and O–H groups in total. The number of aromatic nitrogens is 2. The Morgan fingerprint density at radius 1 is 1.16 bits per heavy atom. The zero-order chi connectivity index (χ0) is 31.6. The lowest BCUT2D eigenvalue weighted by atomic mass is 9.99. The molecule has 3 atom stereocenters. The van der Waals surface area contributed by atoms with E-state index in [9.17, 15) is 23.1 Å². The Balaban J connectivity index is 1.41. The van der Waals surface area contributed by atoms with Gasteiger partial charge >= 0.3 is 6.03 Å². The van der Waals surface area contributed by atoms with Crippen LogP contribution in [0.25, 0.3) is 10.8 Å². The third-order valence-corrected chi connectivity index (χ3v) is 9.46. The Morgan fingerprint density at radius 3 is 2.64 bits per heavy atom. The maximum absolute atomic E-state index is 13.8. The normalized spacial score (nSPS) is 17.9. The molecule has 44 heavy (non-hydrogen) atoms. The maximum atomic E-state index is 13.8. The molecule has 0 aliphatic carbocycles. The predicted octanol–water partition coefficient (Wildman–Crippen LogP) is 3.76. The van der Waals surface area contributed by atoms with Gasteiger partial charge in [-0.05, 0) is 36.6 Å². The lowest BCUT2D eigenvalue weighted by molar-refractivity contribution is 0.0387. The largest absolute Gasteiger partial charge is 0.488 e. The monoisotopic (exact) mass is 620 g/mol. The molecule has 0 radical (unpaired) electrons. The van der Waals surface area contributed by atoms with E-state index in [-0.39, 0.29) is 47.9 Å². The predicted molar refractivity (Wildman–Crippen MR) is 167 cm³/mol. The van der Waals surface area contributed by atoms with Crippen molar-refractivity contribution >= 4 is 44.1 Å². The summed E-state index contributed by atoms with van der Waals surface area (Å²) in [5.41, 5.74) is 1.17. The summed E-state index contributed by atoms with van der Waals surface area (Å²) in [7, 11) is -0.751. The van der Waals surface area contributed by atoms with Crippen LogP contribution in [0.2, 0.25) is 0 Å². The number of benzene rings is 3. The fourth-order valence-corrected chi connectivity index (χ4v) is 6.31. The van der Waals surface area contributed by atoms with Crippen LogP contribution in [-0.2, 0) is 17.1 Å². The highest BCUT2D eigenvalue weighted by molar-refractivity contribution is 7.89. The molecule has 0 unspecified atom stereocenters. The van der Waals surface area contributed by atoms with Gasteiger partial charge in [0.05, 0.1) is 36.8 Å². The highest BCUT2D eigenvalue weighted by atomic mass is 32.2. The van der Waals surface area contributed by atoms with Crippen molar-refractivity contribution in [3.05, 3.63) is 78.8 Å². The molecule has 0 saturated heterocycles. The van der Waals surface area contributed by atoms with Gasteiger partial charge in [-0.2, -0.15) is 4.31 Å². The van der Waals surface area contributed by atoms with Crippen LogP contribution >= 0.6 is 0 Å². The maximum Gasteiger partial charge on any atom is 0.323 e. The summed E-state index contributed by atoms with van der Waals surface area (Å²) < 4.78 is 35.5. The molecule has 232 valence electrons. The van der Waals surface area contributed by atoms with Gasteiger partial charge in [0, 0.05) is 43.8 Å². The number of aliphatic hydroxyl groups excluding tert-OH is 1. The molecule has 1 aromatic heterocycles. The molecular weight excluding hydrogens is 584 g/mol. The summed E-state index contributed by atoms with van der Waals surface area (Å²) >= 11 is 0. The Bertz CT molecular complexity index is 1790. The van der Waals surface area contributed by atoms with Crippen LogP contribution in [0.15, 0.2) is 78.2 Å². The van der Waals surface area contributed by atoms with E-state index in [1.165, 1.54) is 29.9 Å². The minimum atomic E-state index is -3.90. The number of aliphatic hydroxyl groups is 1. The third kappa shape index (κ3) is 6.39. The number of hydrogen-bond donors (Lipinski definition) is 3. The van der Waals surface area contributed by atoms with Gasteiger partial charge in [-0.3, -0.25) is 4.79 Å². The second-order valence-corrected chi connectivity index (χ2v) is 13.1. The van der Waals surface area contributed by atoms with Crippen LogP contribution in [0.1, 0.15) is 24.2 Å². The zero-order valence-corrected chi connectivity index (χ0v) is 25.8. The number of carbonyl (C=O) groups is 2. The molecule has 0 spiro atoms. The van der Waals surface area contributed by atoms with E-state index in [1.807, 2.05) is 43.3 Å². The highest BCUT2D eigenvalue weighted by Crippen LogP contribution is 2.31. The van der Waals surface area contributed by atoms with Crippen molar-refractivity contribution in [1.82, 2.24) is 18.8 Å². The van der Waals surface area contributed by atoms with Gasteiger partial charge in [0.2, 0.25) is 0 Å². The Labute approximate surface area is 256 Å². The fraction of sp³-hybridized carbons (Fsp3) is 0.323. The molecule has 12 nitrogen and oxygen atoms in total. The molecule has 3 aromatic carbocycles. The van der Waals surface area contributed by atoms with E-state index in [4.69, 9.17) is 4.74 Å². The number of amides is 3. The van der Waals surface area contributed by atoms with Gasteiger partial charge in [-0.15, -0.1) is 0 Å². The number of ether oxygens (including phenoxy) is 1. The van der Waals surface area contributed by atoms with Crippen molar-refractivity contribution in [1.29, 1.82) is 0 Å².